The van der Waals surface area contributed by atoms with Crippen molar-refractivity contribution >= 4 is 18.5 Å². The molecule has 0 saturated carbocycles. The summed E-state index contributed by atoms with van der Waals surface area (Å²) in [5.41, 5.74) is 2.38. The lowest BCUT2D eigenvalue weighted by Crippen LogP contribution is -2.40. The van der Waals surface area contributed by atoms with Crippen LogP contribution in [0.2, 0.25) is 0 Å². The van der Waals surface area contributed by atoms with Gasteiger partial charge >= 0.3 is 7.12 Å². The lowest BCUT2D eigenvalue weighted by atomic mass is 9.75. The number of benzene rings is 2. The fourth-order valence-corrected chi connectivity index (χ4v) is 2.46. The molecule has 2 N–H and O–H groups in total. The molecule has 0 atom stereocenters. The Morgan fingerprint density at radius 3 is 2.18 bits per heavy atom. The topological polar surface area (TPSA) is 60.8 Å². The summed E-state index contributed by atoms with van der Waals surface area (Å²) in [6.45, 7) is 4.96. The Hall–Kier alpha value is -2.11. The zero-order chi connectivity index (χ0) is 16.1. The van der Waals surface area contributed by atoms with Crippen molar-refractivity contribution in [1.29, 1.82) is 0 Å². The van der Waals surface area contributed by atoms with Crippen LogP contribution in [0.5, 0.6) is 0 Å². The second kappa shape index (κ2) is 7.25. The average Bonchev–Trinajstić information content (AvgIpc) is 2.56. The lowest BCUT2D eigenvalue weighted by molar-refractivity contribution is 0.0774. The SMILES string of the molecule is CCN(CC)C(=O)c1ccc(-c2ccccc2)cc1B(O)O. The summed E-state index contributed by atoms with van der Waals surface area (Å²) in [6.07, 6.45) is 0. The zero-order valence-corrected chi connectivity index (χ0v) is 12.9. The van der Waals surface area contributed by atoms with Crippen LogP contribution < -0.4 is 5.46 Å². The van der Waals surface area contributed by atoms with E-state index < -0.39 is 7.12 Å². The van der Waals surface area contributed by atoms with Crippen molar-refractivity contribution in [1.82, 2.24) is 4.90 Å². The quantitative estimate of drug-likeness (QED) is 0.823. The summed E-state index contributed by atoms with van der Waals surface area (Å²) in [5, 5.41) is 19.3. The molecule has 0 heterocycles. The largest absolute Gasteiger partial charge is 0.489 e. The second-order valence-electron chi connectivity index (χ2n) is 5.02. The van der Waals surface area contributed by atoms with E-state index in [9.17, 15) is 14.8 Å². The van der Waals surface area contributed by atoms with Gasteiger partial charge in [-0.3, -0.25) is 4.79 Å². The number of rotatable bonds is 5. The van der Waals surface area contributed by atoms with Crippen molar-refractivity contribution in [2.45, 2.75) is 13.8 Å². The van der Waals surface area contributed by atoms with E-state index in [-0.39, 0.29) is 11.4 Å². The molecule has 0 spiro atoms. The Labute approximate surface area is 131 Å². The molecule has 0 radical (unpaired) electrons. The molecule has 5 heteroatoms. The number of carbonyl (C=O) groups excluding carboxylic acids is 1. The summed E-state index contributed by atoms with van der Waals surface area (Å²) in [7, 11) is -1.68. The van der Waals surface area contributed by atoms with Crippen LogP contribution >= 0.6 is 0 Å². The van der Waals surface area contributed by atoms with E-state index in [1.807, 2.05) is 50.2 Å². The van der Waals surface area contributed by atoms with Crippen molar-refractivity contribution in [3.8, 4) is 11.1 Å². The number of hydrogen-bond acceptors (Lipinski definition) is 3. The van der Waals surface area contributed by atoms with Gasteiger partial charge in [-0.2, -0.15) is 0 Å². The maximum Gasteiger partial charge on any atom is 0.489 e. The molecule has 1 amide bonds. The average molecular weight is 297 g/mol. The van der Waals surface area contributed by atoms with Gasteiger partial charge in [-0.1, -0.05) is 42.5 Å². The van der Waals surface area contributed by atoms with Gasteiger partial charge in [0.2, 0.25) is 0 Å². The highest BCUT2D eigenvalue weighted by atomic mass is 16.4. The van der Waals surface area contributed by atoms with Gasteiger partial charge in [0.15, 0.2) is 0 Å². The predicted octanol–water partition coefficient (Wildman–Crippen LogP) is 1.52. The van der Waals surface area contributed by atoms with Crippen LogP contribution in [0.15, 0.2) is 48.5 Å². The monoisotopic (exact) mass is 297 g/mol. The molecule has 0 aliphatic rings. The molecule has 114 valence electrons. The van der Waals surface area contributed by atoms with Crippen LogP contribution in [0.1, 0.15) is 24.2 Å². The van der Waals surface area contributed by atoms with Crippen LogP contribution in [0.3, 0.4) is 0 Å². The minimum Gasteiger partial charge on any atom is -0.423 e. The first-order valence-electron chi connectivity index (χ1n) is 7.43. The summed E-state index contributed by atoms with van der Waals surface area (Å²) in [4.78, 5) is 14.1. The predicted molar refractivity (Wildman–Crippen MR) is 89.0 cm³/mol. The first-order valence-corrected chi connectivity index (χ1v) is 7.43. The maximum absolute atomic E-state index is 12.5. The fraction of sp³-hybridized carbons (Fsp3) is 0.235. The molecule has 4 nitrogen and oxygen atoms in total. The van der Waals surface area contributed by atoms with Crippen molar-refractivity contribution in [2.75, 3.05) is 13.1 Å². The van der Waals surface area contributed by atoms with Gasteiger partial charge in [-0.05, 0) is 36.5 Å². The second-order valence-corrected chi connectivity index (χ2v) is 5.02. The van der Waals surface area contributed by atoms with Crippen LogP contribution in [0, 0.1) is 0 Å². The van der Waals surface area contributed by atoms with Crippen molar-refractivity contribution in [3.63, 3.8) is 0 Å². The fourth-order valence-electron chi connectivity index (χ4n) is 2.46. The normalized spacial score (nSPS) is 10.4. The van der Waals surface area contributed by atoms with E-state index in [2.05, 4.69) is 0 Å². The minimum atomic E-state index is -1.68. The molecule has 0 saturated heterocycles. The third-order valence-electron chi connectivity index (χ3n) is 3.72. The van der Waals surface area contributed by atoms with Gasteiger partial charge in [0.05, 0.1) is 0 Å². The molecular formula is C17H20BNO3. The molecular weight excluding hydrogens is 277 g/mol. The van der Waals surface area contributed by atoms with Gasteiger partial charge in [-0.15, -0.1) is 0 Å². The minimum absolute atomic E-state index is 0.187. The number of amides is 1. The molecule has 22 heavy (non-hydrogen) atoms. The molecule has 0 unspecified atom stereocenters. The first-order chi connectivity index (χ1) is 10.6. The Balaban J connectivity index is 2.47. The summed E-state index contributed by atoms with van der Waals surface area (Å²) in [5.74, 6) is -0.187. The number of carbonyl (C=O) groups is 1. The van der Waals surface area contributed by atoms with Crippen molar-refractivity contribution < 1.29 is 14.8 Å². The highest BCUT2D eigenvalue weighted by Crippen LogP contribution is 2.19. The van der Waals surface area contributed by atoms with E-state index in [4.69, 9.17) is 0 Å². The molecule has 2 aromatic carbocycles. The van der Waals surface area contributed by atoms with Crippen molar-refractivity contribution in [3.05, 3.63) is 54.1 Å². The lowest BCUT2D eigenvalue weighted by Gasteiger charge is -2.21. The Morgan fingerprint density at radius 2 is 1.64 bits per heavy atom. The first kappa shape index (κ1) is 16.3. The Bertz CT molecular complexity index is 640. The smallest absolute Gasteiger partial charge is 0.423 e. The standard InChI is InChI=1S/C17H20BNO3/c1-3-19(4-2)17(20)15-11-10-14(12-16(15)18(21)22)13-8-6-5-7-9-13/h5-12,21-22H,3-4H2,1-2H3. The van der Waals surface area contributed by atoms with Gasteiger partial charge in [0.1, 0.15) is 0 Å². The van der Waals surface area contributed by atoms with Crippen LogP contribution in [-0.4, -0.2) is 41.1 Å². The summed E-state index contributed by atoms with van der Waals surface area (Å²) < 4.78 is 0. The van der Waals surface area contributed by atoms with E-state index in [0.29, 0.717) is 18.7 Å². The van der Waals surface area contributed by atoms with Crippen LogP contribution in [0.4, 0.5) is 0 Å². The molecule has 2 aromatic rings. The third-order valence-corrected chi connectivity index (χ3v) is 3.72. The number of nitrogens with zero attached hydrogens (tertiary/aromatic N) is 1. The highest BCUT2D eigenvalue weighted by Gasteiger charge is 2.23. The molecule has 0 fully saturated rings. The molecule has 2 rings (SSSR count). The van der Waals surface area contributed by atoms with Gasteiger partial charge in [-0.25, -0.2) is 0 Å². The molecule has 0 aromatic heterocycles. The van der Waals surface area contributed by atoms with E-state index in [1.165, 1.54) is 0 Å². The summed E-state index contributed by atoms with van der Waals surface area (Å²) in [6, 6.07) is 14.8. The Kier molecular flexibility index (Phi) is 5.36. The van der Waals surface area contributed by atoms with Crippen molar-refractivity contribution in [2.24, 2.45) is 0 Å². The number of hydrogen-bond donors (Lipinski definition) is 2. The Morgan fingerprint density at radius 1 is 1.00 bits per heavy atom. The van der Waals surface area contributed by atoms with Gasteiger partial charge in [0, 0.05) is 18.7 Å². The maximum atomic E-state index is 12.5. The van der Waals surface area contributed by atoms with E-state index in [1.54, 1.807) is 17.0 Å². The van der Waals surface area contributed by atoms with E-state index in [0.717, 1.165) is 11.1 Å². The zero-order valence-electron chi connectivity index (χ0n) is 12.9. The van der Waals surface area contributed by atoms with Crippen LogP contribution in [0.25, 0.3) is 11.1 Å². The molecule has 0 aliphatic heterocycles. The van der Waals surface area contributed by atoms with Gasteiger partial charge in [0.25, 0.3) is 5.91 Å². The molecule has 0 aliphatic carbocycles. The highest BCUT2D eigenvalue weighted by molar-refractivity contribution is 6.60. The van der Waals surface area contributed by atoms with Crippen LogP contribution in [-0.2, 0) is 0 Å². The third kappa shape index (κ3) is 3.38. The van der Waals surface area contributed by atoms with Gasteiger partial charge < -0.3 is 14.9 Å². The van der Waals surface area contributed by atoms with E-state index >= 15 is 0 Å². The summed E-state index contributed by atoms with van der Waals surface area (Å²) >= 11 is 0. The molecule has 0 bridgehead atoms.